The van der Waals surface area contributed by atoms with Gasteiger partial charge in [-0.1, -0.05) is 43.0 Å². The van der Waals surface area contributed by atoms with Crippen molar-refractivity contribution in [3.8, 4) is 5.75 Å². The summed E-state index contributed by atoms with van der Waals surface area (Å²) in [5.74, 6) is 0.807. The normalized spacial score (nSPS) is 19.3. The highest BCUT2D eigenvalue weighted by Gasteiger charge is 2.35. The monoisotopic (exact) mass is 437 g/mol. The van der Waals surface area contributed by atoms with Gasteiger partial charge in [0.15, 0.2) is 0 Å². The van der Waals surface area contributed by atoms with E-state index >= 15 is 0 Å². The molecule has 2 N–H and O–H groups in total. The standard InChI is InChI=1S/C25H28ClN3O2/c1-31-19-10-7-16(8-11-19)24-23-20(21-15-17(26)9-12-22(21)28-23)13-14-29(24)25(30)27-18-5-3-2-4-6-18/h7-12,15,18,24,28H,2-6,13-14H2,1H3,(H,27,30). The van der Waals surface area contributed by atoms with Gasteiger partial charge in [0.05, 0.1) is 13.2 Å². The first-order valence-corrected chi connectivity index (χ1v) is 11.5. The topological polar surface area (TPSA) is 57.4 Å². The van der Waals surface area contributed by atoms with Crippen LogP contribution in [-0.2, 0) is 6.42 Å². The number of aromatic amines is 1. The third-order valence-corrected chi connectivity index (χ3v) is 6.95. The Balaban J connectivity index is 1.54. The number of urea groups is 1. The molecule has 1 aliphatic carbocycles. The van der Waals surface area contributed by atoms with Crippen molar-refractivity contribution in [3.63, 3.8) is 0 Å². The summed E-state index contributed by atoms with van der Waals surface area (Å²) in [6.07, 6.45) is 6.61. The highest BCUT2D eigenvalue weighted by atomic mass is 35.5. The number of methoxy groups -OCH3 is 1. The molecule has 1 saturated carbocycles. The highest BCUT2D eigenvalue weighted by Crippen LogP contribution is 2.39. The molecule has 0 saturated heterocycles. The smallest absolute Gasteiger partial charge is 0.318 e. The minimum Gasteiger partial charge on any atom is -0.497 e. The van der Waals surface area contributed by atoms with Gasteiger partial charge in [0.1, 0.15) is 5.75 Å². The molecular formula is C25H28ClN3O2. The third kappa shape index (κ3) is 3.87. The Morgan fingerprint density at radius 3 is 2.65 bits per heavy atom. The Labute approximate surface area is 187 Å². The summed E-state index contributed by atoms with van der Waals surface area (Å²) in [6.45, 7) is 0.668. The van der Waals surface area contributed by atoms with Crippen LogP contribution in [-0.4, -0.2) is 35.6 Å². The van der Waals surface area contributed by atoms with Crippen molar-refractivity contribution in [2.24, 2.45) is 0 Å². The molecule has 2 aromatic carbocycles. The predicted molar refractivity (Wildman–Crippen MR) is 124 cm³/mol. The number of fused-ring (bicyclic) bond motifs is 3. The molecule has 2 heterocycles. The summed E-state index contributed by atoms with van der Waals surface area (Å²) in [4.78, 5) is 19.0. The molecule has 2 amide bonds. The number of carbonyl (C=O) groups excluding carboxylic acids is 1. The average Bonchev–Trinajstić information content (AvgIpc) is 3.17. The Kier molecular flexibility index (Phi) is 5.53. The molecule has 1 fully saturated rings. The molecule has 2 aliphatic rings. The Bertz CT molecular complexity index is 1090. The predicted octanol–water partition coefficient (Wildman–Crippen LogP) is 5.82. The fraction of sp³-hybridized carbons (Fsp3) is 0.400. The number of nitrogens with zero attached hydrogens (tertiary/aromatic N) is 1. The second kappa shape index (κ2) is 8.46. The van der Waals surface area contributed by atoms with Crippen LogP contribution in [0.15, 0.2) is 42.5 Å². The summed E-state index contributed by atoms with van der Waals surface area (Å²) in [7, 11) is 1.67. The first kappa shape index (κ1) is 20.3. The molecule has 0 radical (unpaired) electrons. The van der Waals surface area contributed by atoms with Crippen LogP contribution in [0.2, 0.25) is 5.02 Å². The first-order chi connectivity index (χ1) is 15.1. The van der Waals surface area contributed by atoms with Gasteiger partial charge in [-0.25, -0.2) is 4.79 Å². The molecule has 1 unspecified atom stereocenters. The molecule has 162 valence electrons. The number of amides is 2. The first-order valence-electron chi connectivity index (χ1n) is 11.1. The molecule has 6 heteroatoms. The summed E-state index contributed by atoms with van der Waals surface area (Å²) >= 11 is 6.29. The summed E-state index contributed by atoms with van der Waals surface area (Å²) in [5.41, 5.74) is 4.45. The van der Waals surface area contributed by atoms with E-state index in [1.807, 2.05) is 35.2 Å². The number of aromatic nitrogens is 1. The maximum Gasteiger partial charge on any atom is 0.318 e. The van der Waals surface area contributed by atoms with Crippen LogP contribution in [0.25, 0.3) is 10.9 Å². The maximum atomic E-state index is 13.4. The van der Waals surface area contributed by atoms with Crippen molar-refractivity contribution in [3.05, 3.63) is 64.3 Å². The van der Waals surface area contributed by atoms with E-state index in [0.717, 1.165) is 52.2 Å². The molecule has 5 nitrogen and oxygen atoms in total. The van der Waals surface area contributed by atoms with Gasteiger partial charge >= 0.3 is 6.03 Å². The van der Waals surface area contributed by atoms with Gasteiger partial charge < -0.3 is 19.9 Å². The minimum absolute atomic E-state index is 0.0232. The van der Waals surface area contributed by atoms with E-state index in [9.17, 15) is 4.79 Å². The molecular weight excluding hydrogens is 410 g/mol. The molecule has 31 heavy (non-hydrogen) atoms. The van der Waals surface area contributed by atoms with Gasteiger partial charge in [-0.05, 0) is 60.7 Å². The van der Waals surface area contributed by atoms with Crippen molar-refractivity contribution in [2.75, 3.05) is 13.7 Å². The van der Waals surface area contributed by atoms with E-state index in [2.05, 4.69) is 22.4 Å². The van der Waals surface area contributed by atoms with Gasteiger partial charge in [-0.3, -0.25) is 0 Å². The van der Waals surface area contributed by atoms with Gasteiger partial charge in [0.2, 0.25) is 0 Å². The van der Waals surface area contributed by atoms with Gasteiger partial charge in [-0.15, -0.1) is 0 Å². The number of ether oxygens (including phenoxy) is 1. The van der Waals surface area contributed by atoms with E-state index in [0.29, 0.717) is 6.54 Å². The maximum absolute atomic E-state index is 13.4. The minimum atomic E-state index is -0.176. The molecule has 1 aliphatic heterocycles. The zero-order valence-electron chi connectivity index (χ0n) is 17.8. The van der Waals surface area contributed by atoms with Crippen LogP contribution in [0, 0.1) is 0 Å². The van der Waals surface area contributed by atoms with E-state index in [-0.39, 0.29) is 18.1 Å². The number of benzene rings is 2. The number of nitrogens with one attached hydrogen (secondary N) is 2. The average molecular weight is 438 g/mol. The molecule has 3 aromatic rings. The zero-order valence-corrected chi connectivity index (χ0v) is 18.5. The highest BCUT2D eigenvalue weighted by molar-refractivity contribution is 6.31. The lowest BCUT2D eigenvalue weighted by Crippen LogP contribution is -2.49. The van der Waals surface area contributed by atoms with Crippen LogP contribution in [0.3, 0.4) is 0 Å². The summed E-state index contributed by atoms with van der Waals surface area (Å²) in [6, 6.07) is 14.1. The summed E-state index contributed by atoms with van der Waals surface area (Å²) in [5, 5.41) is 5.19. The molecule has 5 rings (SSSR count). The second-order valence-electron chi connectivity index (χ2n) is 8.61. The molecule has 0 bridgehead atoms. The van der Waals surface area contributed by atoms with E-state index in [1.165, 1.54) is 24.8 Å². The fourth-order valence-corrected chi connectivity index (χ4v) is 5.29. The lowest BCUT2D eigenvalue weighted by molar-refractivity contribution is 0.172. The van der Waals surface area contributed by atoms with Crippen LogP contribution < -0.4 is 10.1 Å². The Morgan fingerprint density at radius 2 is 1.90 bits per heavy atom. The number of hydrogen-bond acceptors (Lipinski definition) is 2. The van der Waals surface area contributed by atoms with Crippen molar-refractivity contribution in [1.82, 2.24) is 15.2 Å². The van der Waals surface area contributed by atoms with Gasteiger partial charge in [0.25, 0.3) is 0 Å². The Hall–Kier alpha value is -2.66. The van der Waals surface area contributed by atoms with Crippen LogP contribution >= 0.6 is 11.6 Å². The number of halogens is 1. The van der Waals surface area contributed by atoms with E-state index in [1.54, 1.807) is 7.11 Å². The zero-order chi connectivity index (χ0) is 21.4. The van der Waals surface area contributed by atoms with Crippen molar-refractivity contribution in [2.45, 2.75) is 50.6 Å². The number of carbonyl (C=O) groups is 1. The molecule has 1 aromatic heterocycles. The SMILES string of the molecule is COc1ccc(C2c3[nH]c4ccc(Cl)cc4c3CCN2C(=O)NC2CCCCC2)cc1. The van der Waals surface area contributed by atoms with Crippen LogP contribution in [0.5, 0.6) is 5.75 Å². The van der Waals surface area contributed by atoms with Crippen molar-refractivity contribution >= 4 is 28.5 Å². The lowest BCUT2D eigenvalue weighted by atomic mass is 9.92. The lowest BCUT2D eigenvalue weighted by Gasteiger charge is -2.37. The Morgan fingerprint density at radius 1 is 1.13 bits per heavy atom. The quantitative estimate of drug-likeness (QED) is 0.542. The van der Waals surface area contributed by atoms with E-state index < -0.39 is 0 Å². The molecule has 1 atom stereocenters. The number of hydrogen-bond donors (Lipinski definition) is 2. The van der Waals surface area contributed by atoms with Crippen LogP contribution in [0.1, 0.15) is 55.0 Å². The van der Waals surface area contributed by atoms with Gasteiger partial charge in [-0.2, -0.15) is 0 Å². The largest absolute Gasteiger partial charge is 0.497 e. The third-order valence-electron chi connectivity index (χ3n) is 6.71. The fourth-order valence-electron chi connectivity index (χ4n) is 5.12. The van der Waals surface area contributed by atoms with Crippen LogP contribution in [0.4, 0.5) is 4.79 Å². The summed E-state index contributed by atoms with van der Waals surface area (Å²) < 4.78 is 5.35. The van der Waals surface area contributed by atoms with Crippen molar-refractivity contribution < 1.29 is 9.53 Å². The van der Waals surface area contributed by atoms with Gasteiger partial charge in [0, 0.05) is 34.2 Å². The van der Waals surface area contributed by atoms with E-state index in [4.69, 9.17) is 16.3 Å². The number of H-pyrrole nitrogens is 1. The molecule has 0 spiro atoms. The number of rotatable bonds is 3. The van der Waals surface area contributed by atoms with Crippen molar-refractivity contribution in [1.29, 1.82) is 0 Å². The second-order valence-corrected chi connectivity index (χ2v) is 9.05.